The van der Waals surface area contributed by atoms with Crippen LogP contribution in [0.15, 0.2) is 29.3 Å². The third kappa shape index (κ3) is 8.77. The zero-order chi connectivity index (χ0) is 22.5. The number of nitrogens with zero attached hydrogens (tertiary/aromatic N) is 3. The highest BCUT2D eigenvalue weighted by Crippen LogP contribution is 2.21. The molecule has 0 unspecified atom stereocenters. The van der Waals surface area contributed by atoms with Crippen molar-refractivity contribution in [2.45, 2.75) is 46.6 Å². The van der Waals surface area contributed by atoms with Gasteiger partial charge < -0.3 is 25.2 Å². The molecule has 0 spiro atoms. The van der Waals surface area contributed by atoms with E-state index in [0.29, 0.717) is 25.5 Å². The molecule has 1 aromatic rings. The van der Waals surface area contributed by atoms with Gasteiger partial charge in [0, 0.05) is 39.6 Å². The van der Waals surface area contributed by atoms with Crippen molar-refractivity contribution in [3.63, 3.8) is 0 Å². The molecule has 1 fully saturated rings. The molecular formula is C24H41N5O2. The summed E-state index contributed by atoms with van der Waals surface area (Å²) in [5.41, 5.74) is 1.17. The Balaban J connectivity index is 1.84. The van der Waals surface area contributed by atoms with Crippen molar-refractivity contribution in [1.82, 2.24) is 20.4 Å². The molecule has 1 aromatic carbocycles. The molecule has 0 aromatic heterocycles. The van der Waals surface area contributed by atoms with Crippen LogP contribution in [0, 0.1) is 5.92 Å². The molecule has 7 nitrogen and oxygen atoms in total. The highest BCUT2D eigenvalue weighted by Gasteiger charge is 2.23. The lowest BCUT2D eigenvalue weighted by Crippen LogP contribution is -2.46. The number of carbonyl (C=O) groups excluding carboxylic acids is 1. The van der Waals surface area contributed by atoms with Gasteiger partial charge in [0.05, 0.1) is 6.54 Å². The Hall–Kier alpha value is -2.28. The van der Waals surface area contributed by atoms with Crippen LogP contribution in [0.3, 0.4) is 0 Å². The fourth-order valence-electron chi connectivity index (χ4n) is 3.83. The van der Waals surface area contributed by atoms with Crippen molar-refractivity contribution in [3.8, 4) is 5.75 Å². The summed E-state index contributed by atoms with van der Waals surface area (Å²) in [6.07, 6.45) is 2.68. The summed E-state index contributed by atoms with van der Waals surface area (Å²) in [7, 11) is 1.71. The summed E-state index contributed by atoms with van der Waals surface area (Å²) in [5.74, 6) is 2.47. The number of benzene rings is 1. The molecular weight excluding hydrogens is 390 g/mol. The van der Waals surface area contributed by atoms with Crippen LogP contribution >= 0.6 is 0 Å². The van der Waals surface area contributed by atoms with Crippen molar-refractivity contribution >= 4 is 11.9 Å². The molecule has 1 aliphatic heterocycles. The van der Waals surface area contributed by atoms with E-state index in [0.717, 1.165) is 63.8 Å². The molecule has 2 N–H and O–H groups in total. The Bertz CT molecular complexity index is 665. The number of nitrogens with one attached hydrogen (secondary N) is 2. The molecule has 2 rings (SSSR count). The van der Waals surface area contributed by atoms with Crippen LogP contribution in [0.1, 0.15) is 45.6 Å². The number of hydrogen-bond donors (Lipinski definition) is 2. The first-order valence-electron chi connectivity index (χ1n) is 11.8. The number of guanidine groups is 1. The third-order valence-corrected chi connectivity index (χ3v) is 5.91. The van der Waals surface area contributed by atoms with Crippen molar-refractivity contribution < 1.29 is 9.53 Å². The Morgan fingerprint density at radius 3 is 2.42 bits per heavy atom. The minimum absolute atomic E-state index is 0.138. The van der Waals surface area contributed by atoms with E-state index in [1.165, 1.54) is 5.56 Å². The number of amides is 1. The van der Waals surface area contributed by atoms with Crippen LogP contribution in [0.25, 0.3) is 0 Å². The lowest BCUT2D eigenvalue weighted by atomic mass is 9.93. The first-order valence-corrected chi connectivity index (χ1v) is 11.8. The Morgan fingerprint density at radius 1 is 1.16 bits per heavy atom. The van der Waals surface area contributed by atoms with Gasteiger partial charge in [-0.2, -0.15) is 0 Å². The van der Waals surface area contributed by atoms with Gasteiger partial charge in [-0.15, -0.1) is 0 Å². The Morgan fingerprint density at radius 2 is 1.84 bits per heavy atom. The van der Waals surface area contributed by atoms with Crippen molar-refractivity contribution in [2.24, 2.45) is 10.9 Å². The largest absolute Gasteiger partial charge is 0.492 e. The highest BCUT2D eigenvalue weighted by atomic mass is 16.5. The fourth-order valence-corrected chi connectivity index (χ4v) is 3.83. The monoisotopic (exact) mass is 431 g/mol. The quantitative estimate of drug-likeness (QED) is 0.416. The average Bonchev–Trinajstić information content (AvgIpc) is 2.81. The molecule has 0 bridgehead atoms. The number of piperidine rings is 1. The summed E-state index contributed by atoms with van der Waals surface area (Å²) in [6, 6.07) is 8.25. The smallest absolute Gasteiger partial charge is 0.220 e. The van der Waals surface area contributed by atoms with Crippen molar-refractivity contribution in [2.75, 3.05) is 52.9 Å². The number of likely N-dealkylation sites (tertiary alicyclic amines) is 1. The van der Waals surface area contributed by atoms with Gasteiger partial charge in [-0.3, -0.25) is 4.79 Å². The van der Waals surface area contributed by atoms with Gasteiger partial charge in [0.2, 0.25) is 5.91 Å². The standard InChI is InChI=1S/C24H41N5O2/c1-5-26-24(29-14-12-20(13-15-29)18-23(30)25-4)27-19-21-8-10-22(11-9-21)31-17-16-28(6-2)7-3/h8-11,20H,5-7,12-19H2,1-4H3,(H,25,30)(H,26,27). The number of aliphatic imine (C=N–C) groups is 1. The Kier molecular flexibility index (Phi) is 11.2. The van der Waals surface area contributed by atoms with E-state index >= 15 is 0 Å². The Labute approximate surface area is 188 Å². The summed E-state index contributed by atoms with van der Waals surface area (Å²) in [4.78, 5) is 21.1. The average molecular weight is 432 g/mol. The molecule has 1 saturated heterocycles. The van der Waals surface area contributed by atoms with Crippen LogP contribution in [-0.2, 0) is 11.3 Å². The first kappa shape index (κ1) is 25.0. The maximum Gasteiger partial charge on any atom is 0.220 e. The molecule has 0 atom stereocenters. The third-order valence-electron chi connectivity index (χ3n) is 5.91. The van der Waals surface area contributed by atoms with Gasteiger partial charge in [0.1, 0.15) is 12.4 Å². The SMILES string of the molecule is CCNC(=NCc1ccc(OCCN(CC)CC)cc1)N1CCC(CC(=O)NC)CC1. The lowest BCUT2D eigenvalue weighted by Gasteiger charge is -2.34. The van der Waals surface area contributed by atoms with Gasteiger partial charge in [-0.25, -0.2) is 4.99 Å². The van der Waals surface area contributed by atoms with E-state index < -0.39 is 0 Å². The minimum Gasteiger partial charge on any atom is -0.492 e. The van der Waals surface area contributed by atoms with Gasteiger partial charge in [-0.05, 0) is 56.5 Å². The van der Waals surface area contributed by atoms with Crippen molar-refractivity contribution in [3.05, 3.63) is 29.8 Å². The maximum atomic E-state index is 11.6. The molecule has 0 aliphatic carbocycles. The van der Waals surface area contributed by atoms with E-state index in [1.54, 1.807) is 7.05 Å². The number of carbonyl (C=O) groups is 1. The van der Waals surface area contributed by atoms with Gasteiger partial charge >= 0.3 is 0 Å². The van der Waals surface area contributed by atoms with E-state index in [-0.39, 0.29) is 5.91 Å². The van der Waals surface area contributed by atoms with E-state index in [4.69, 9.17) is 9.73 Å². The second-order valence-electron chi connectivity index (χ2n) is 8.00. The predicted molar refractivity (Wildman–Crippen MR) is 128 cm³/mol. The number of hydrogen-bond acceptors (Lipinski definition) is 4. The minimum atomic E-state index is 0.138. The molecule has 1 amide bonds. The zero-order valence-electron chi connectivity index (χ0n) is 19.8. The number of rotatable bonds is 11. The van der Waals surface area contributed by atoms with Crippen LogP contribution in [0.5, 0.6) is 5.75 Å². The molecule has 7 heteroatoms. The molecule has 31 heavy (non-hydrogen) atoms. The van der Waals surface area contributed by atoms with E-state index in [1.807, 2.05) is 12.1 Å². The van der Waals surface area contributed by atoms with Gasteiger partial charge in [0.15, 0.2) is 5.96 Å². The van der Waals surface area contributed by atoms with Crippen LogP contribution in [-0.4, -0.2) is 74.6 Å². The van der Waals surface area contributed by atoms with Crippen LogP contribution in [0.4, 0.5) is 0 Å². The summed E-state index contributed by atoms with van der Waals surface area (Å²) < 4.78 is 5.87. The molecule has 0 saturated carbocycles. The highest BCUT2D eigenvalue weighted by molar-refractivity contribution is 5.80. The zero-order valence-corrected chi connectivity index (χ0v) is 19.8. The molecule has 174 valence electrons. The van der Waals surface area contributed by atoms with Gasteiger partial charge in [-0.1, -0.05) is 26.0 Å². The van der Waals surface area contributed by atoms with Crippen LogP contribution in [0.2, 0.25) is 0 Å². The van der Waals surface area contributed by atoms with E-state index in [9.17, 15) is 4.79 Å². The van der Waals surface area contributed by atoms with E-state index in [2.05, 4.69) is 53.3 Å². The van der Waals surface area contributed by atoms with Crippen LogP contribution < -0.4 is 15.4 Å². The first-order chi connectivity index (χ1) is 15.1. The summed E-state index contributed by atoms with van der Waals surface area (Å²) in [5, 5.41) is 6.15. The number of ether oxygens (including phenoxy) is 1. The molecule has 1 aliphatic rings. The summed E-state index contributed by atoms with van der Waals surface area (Å²) in [6.45, 7) is 13.6. The number of likely N-dealkylation sites (N-methyl/N-ethyl adjacent to an activating group) is 1. The topological polar surface area (TPSA) is 69.2 Å². The normalized spacial score (nSPS) is 15.3. The fraction of sp³-hybridized carbons (Fsp3) is 0.667. The lowest BCUT2D eigenvalue weighted by molar-refractivity contribution is -0.121. The van der Waals surface area contributed by atoms with Gasteiger partial charge in [0.25, 0.3) is 0 Å². The second kappa shape index (κ2) is 13.9. The maximum absolute atomic E-state index is 11.6. The molecule has 1 heterocycles. The molecule has 0 radical (unpaired) electrons. The predicted octanol–water partition coefficient (Wildman–Crippen LogP) is 2.72. The second-order valence-corrected chi connectivity index (χ2v) is 8.00. The van der Waals surface area contributed by atoms with Crippen molar-refractivity contribution in [1.29, 1.82) is 0 Å². The summed E-state index contributed by atoms with van der Waals surface area (Å²) >= 11 is 0.